The van der Waals surface area contributed by atoms with Crippen molar-refractivity contribution in [1.82, 2.24) is 4.98 Å². The summed E-state index contributed by atoms with van der Waals surface area (Å²) in [6.07, 6.45) is 0.454. The topological polar surface area (TPSA) is 68.3 Å². The van der Waals surface area contributed by atoms with E-state index in [0.717, 1.165) is 16.7 Å². The number of carbonyl (C=O) groups excluding carboxylic acids is 2. The Kier molecular flexibility index (Phi) is 5.88. The Labute approximate surface area is 166 Å². The van der Waals surface area contributed by atoms with Crippen LogP contribution in [-0.2, 0) is 9.53 Å². The van der Waals surface area contributed by atoms with Gasteiger partial charge in [0.25, 0.3) is 5.91 Å². The molecule has 3 aromatic rings. The van der Waals surface area contributed by atoms with Crippen LogP contribution < -0.4 is 5.32 Å². The molecule has 1 N–H and O–H groups in total. The lowest BCUT2D eigenvalue weighted by Crippen LogP contribution is -2.30. The molecule has 2 heterocycles. The van der Waals surface area contributed by atoms with Crippen LogP contribution in [0.1, 0.15) is 22.2 Å². The minimum absolute atomic E-state index is 0.337. The average Bonchev–Trinajstić information content (AvgIpc) is 3.14. The lowest BCUT2D eigenvalue weighted by Gasteiger charge is -2.13. The van der Waals surface area contributed by atoms with Crippen molar-refractivity contribution in [2.75, 3.05) is 5.32 Å². The predicted octanol–water partition coefficient (Wildman–Crippen LogP) is 4.96. The molecule has 0 aliphatic heterocycles. The van der Waals surface area contributed by atoms with E-state index in [0.29, 0.717) is 15.7 Å². The Morgan fingerprint density at radius 2 is 1.89 bits per heavy atom. The summed E-state index contributed by atoms with van der Waals surface area (Å²) < 4.78 is 5.34. The van der Waals surface area contributed by atoms with Crippen LogP contribution in [0.25, 0.3) is 11.1 Å². The normalized spacial score (nSPS) is 11.7. The van der Waals surface area contributed by atoms with Crippen molar-refractivity contribution in [3.05, 3.63) is 69.5 Å². The number of thiophene rings is 1. The number of pyridine rings is 1. The van der Waals surface area contributed by atoms with Crippen LogP contribution >= 0.6 is 22.9 Å². The minimum Gasteiger partial charge on any atom is -0.448 e. The maximum absolute atomic E-state index is 12.6. The van der Waals surface area contributed by atoms with Crippen molar-refractivity contribution in [1.29, 1.82) is 0 Å². The Morgan fingerprint density at radius 3 is 2.56 bits per heavy atom. The van der Waals surface area contributed by atoms with Gasteiger partial charge in [-0.2, -0.15) is 0 Å². The molecule has 0 fully saturated rings. The molecule has 138 valence electrons. The van der Waals surface area contributed by atoms with Crippen LogP contribution in [0.3, 0.4) is 0 Å². The third-order valence-electron chi connectivity index (χ3n) is 3.84. The highest BCUT2D eigenvalue weighted by atomic mass is 35.5. The monoisotopic (exact) mass is 400 g/mol. The number of aromatic nitrogens is 1. The Morgan fingerprint density at radius 1 is 1.15 bits per heavy atom. The lowest BCUT2D eigenvalue weighted by molar-refractivity contribution is -0.123. The van der Waals surface area contributed by atoms with Crippen molar-refractivity contribution in [3.8, 4) is 11.1 Å². The summed E-state index contributed by atoms with van der Waals surface area (Å²) in [5.41, 5.74) is 2.85. The Hall–Kier alpha value is -2.70. The molecule has 0 aliphatic rings. The summed E-state index contributed by atoms with van der Waals surface area (Å²) in [4.78, 5) is 29.2. The summed E-state index contributed by atoms with van der Waals surface area (Å²) in [6, 6.07) is 12.9. The number of nitrogens with zero attached hydrogens (tertiary/aromatic N) is 1. The van der Waals surface area contributed by atoms with Crippen LogP contribution in [0.15, 0.2) is 54.0 Å². The third-order valence-corrected chi connectivity index (χ3v) is 4.96. The molecule has 1 aromatic carbocycles. The molecule has 0 bridgehead atoms. The molecular formula is C20H17ClN2O3S. The third kappa shape index (κ3) is 4.72. The highest BCUT2D eigenvalue weighted by molar-refractivity contribution is 7.12. The number of anilines is 1. The van der Waals surface area contributed by atoms with E-state index in [4.69, 9.17) is 16.3 Å². The van der Waals surface area contributed by atoms with Crippen LogP contribution in [0.2, 0.25) is 5.02 Å². The number of esters is 1. The van der Waals surface area contributed by atoms with Gasteiger partial charge in [0.1, 0.15) is 10.7 Å². The number of benzene rings is 1. The number of carbonyl (C=O) groups is 2. The highest BCUT2D eigenvalue weighted by Gasteiger charge is 2.22. The van der Waals surface area contributed by atoms with Crippen LogP contribution in [0, 0.1) is 6.92 Å². The summed E-state index contributed by atoms with van der Waals surface area (Å²) in [5.74, 6) is -0.664. The first kappa shape index (κ1) is 19.1. The van der Waals surface area contributed by atoms with Crippen molar-refractivity contribution in [3.63, 3.8) is 0 Å². The second-order valence-corrected chi connectivity index (χ2v) is 7.28. The first-order valence-electron chi connectivity index (χ1n) is 8.22. The van der Waals surface area contributed by atoms with E-state index in [9.17, 15) is 9.59 Å². The lowest BCUT2D eigenvalue weighted by atomic mass is 10.1. The van der Waals surface area contributed by atoms with Crippen molar-refractivity contribution in [2.24, 2.45) is 0 Å². The van der Waals surface area contributed by atoms with Crippen molar-refractivity contribution in [2.45, 2.75) is 20.0 Å². The molecule has 0 aliphatic carbocycles. The van der Waals surface area contributed by atoms with Crippen LogP contribution in [0.5, 0.6) is 0 Å². The van der Waals surface area contributed by atoms with Gasteiger partial charge >= 0.3 is 5.97 Å². The van der Waals surface area contributed by atoms with E-state index in [-0.39, 0.29) is 0 Å². The predicted molar refractivity (Wildman–Crippen MR) is 107 cm³/mol. The molecule has 2 aromatic heterocycles. The Balaban J connectivity index is 1.68. The van der Waals surface area contributed by atoms with Gasteiger partial charge in [-0.05, 0) is 43.0 Å². The number of amides is 1. The molecule has 0 saturated carbocycles. The number of hydrogen-bond donors (Lipinski definition) is 1. The van der Waals surface area contributed by atoms with Gasteiger partial charge in [-0.3, -0.25) is 4.79 Å². The first-order chi connectivity index (χ1) is 12.9. The Bertz CT molecular complexity index is 952. The van der Waals surface area contributed by atoms with Gasteiger partial charge in [-0.1, -0.05) is 41.4 Å². The van der Waals surface area contributed by atoms with Crippen molar-refractivity contribution < 1.29 is 14.3 Å². The smallest absolute Gasteiger partial charge is 0.349 e. The van der Waals surface area contributed by atoms with Gasteiger partial charge in [0, 0.05) is 11.8 Å². The van der Waals surface area contributed by atoms with Crippen molar-refractivity contribution >= 4 is 40.6 Å². The number of nitrogens with one attached hydrogen (secondary N) is 1. The molecule has 7 heteroatoms. The highest BCUT2D eigenvalue weighted by Crippen LogP contribution is 2.29. The average molecular weight is 401 g/mol. The van der Waals surface area contributed by atoms with Crippen LogP contribution in [0.4, 0.5) is 5.82 Å². The standard InChI is InChI=1S/C20H17ClN2O3S/c1-12-3-5-14(6-4-12)16-9-10-27-18(16)20(25)26-13(2)19(24)23-17-8-7-15(21)11-22-17/h3-11,13H,1-2H3,(H,22,23,24)/t13-/m1/s1. The molecule has 27 heavy (non-hydrogen) atoms. The van der Waals surface area contributed by atoms with E-state index in [1.165, 1.54) is 24.5 Å². The van der Waals surface area contributed by atoms with Gasteiger partial charge < -0.3 is 10.1 Å². The van der Waals surface area contributed by atoms with E-state index in [2.05, 4.69) is 10.3 Å². The second kappa shape index (κ2) is 8.33. The number of hydrogen-bond acceptors (Lipinski definition) is 5. The maximum Gasteiger partial charge on any atom is 0.349 e. The number of rotatable bonds is 5. The van der Waals surface area contributed by atoms with Crippen LogP contribution in [-0.4, -0.2) is 23.0 Å². The van der Waals surface area contributed by atoms with E-state index >= 15 is 0 Å². The fourth-order valence-corrected chi connectivity index (χ4v) is 3.28. The SMILES string of the molecule is Cc1ccc(-c2ccsc2C(=O)O[C@H](C)C(=O)Nc2ccc(Cl)cn2)cc1. The summed E-state index contributed by atoms with van der Waals surface area (Å²) in [7, 11) is 0. The van der Waals surface area contributed by atoms with E-state index in [1.54, 1.807) is 12.1 Å². The molecule has 0 unspecified atom stereocenters. The first-order valence-corrected chi connectivity index (χ1v) is 9.48. The molecule has 0 spiro atoms. The number of halogens is 1. The molecule has 5 nitrogen and oxygen atoms in total. The number of aryl methyl sites for hydroxylation is 1. The van der Waals surface area contributed by atoms with Gasteiger partial charge in [-0.25, -0.2) is 9.78 Å². The summed E-state index contributed by atoms with van der Waals surface area (Å²) in [5, 5.41) is 4.88. The van der Waals surface area contributed by atoms with Gasteiger partial charge in [0.05, 0.1) is 5.02 Å². The zero-order valence-electron chi connectivity index (χ0n) is 14.7. The number of ether oxygens (including phenoxy) is 1. The zero-order valence-corrected chi connectivity index (χ0v) is 16.3. The molecule has 1 amide bonds. The minimum atomic E-state index is -0.969. The fraction of sp³-hybridized carbons (Fsp3) is 0.150. The second-order valence-electron chi connectivity index (χ2n) is 5.93. The molecule has 0 radical (unpaired) electrons. The molecule has 1 atom stereocenters. The maximum atomic E-state index is 12.6. The fourth-order valence-electron chi connectivity index (χ4n) is 2.37. The molecule has 3 rings (SSSR count). The molecule has 0 saturated heterocycles. The zero-order chi connectivity index (χ0) is 19.4. The van der Waals surface area contributed by atoms with Gasteiger partial charge in [0.2, 0.25) is 0 Å². The van der Waals surface area contributed by atoms with E-state index in [1.807, 2.05) is 42.6 Å². The van der Waals surface area contributed by atoms with Gasteiger partial charge in [-0.15, -0.1) is 11.3 Å². The quantitative estimate of drug-likeness (QED) is 0.615. The van der Waals surface area contributed by atoms with E-state index < -0.39 is 18.0 Å². The van der Waals surface area contributed by atoms with Gasteiger partial charge in [0.15, 0.2) is 6.10 Å². The summed E-state index contributed by atoms with van der Waals surface area (Å²) >= 11 is 7.05. The molecular weight excluding hydrogens is 384 g/mol. The largest absolute Gasteiger partial charge is 0.448 e. The summed E-state index contributed by atoms with van der Waals surface area (Å²) in [6.45, 7) is 3.52.